The minimum atomic E-state index is -4.87. The van der Waals surface area contributed by atoms with Crippen LogP contribution in [0.5, 0.6) is 5.75 Å². The Bertz CT molecular complexity index is 1990. The van der Waals surface area contributed by atoms with E-state index in [1.807, 2.05) is 47.4 Å². The Kier molecular flexibility index (Phi) is 6.36. The third-order valence-corrected chi connectivity index (χ3v) is 11.5. The second kappa shape index (κ2) is 9.84. The Morgan fingerprint density at radius 3 is 1.73 bits per heavy atom. The second-order valence-electron chi connectivity index (χ2n) is 13.0. The Morgan fingerprint density at radius 2 is 1.24 bits per heavy atom. The van der Waals surface area contributed by atoms with Crippen LogP contribution in [-0.4, -0.2) is 46.5 Å². The van der Waals surface area contributed by atoms with Gasteiger partial charge >= 0.3 is 7.82 Å². The van der Waals surface area contributed by atoms with Crippen molar-refractivity contribution < 1.29 is 28.5 Å². The number of hydrogen-bond acceptors (Lipinski definition) is 5. The average Bonchev–Trinajstić information content (AvgIpc) is 3.53. The Balaban J connectivity index is 1.09. The fourth-order valence-corrected chi connectivity index (χ4v) is 9.45. The molecule has 0 spiro atoms. The maximum Gasteiger partial charge on any atom is 0.524 e. The minimum Gasteiger partial charge on any atom is -0.404 e. The summed E-state index contributed by atoms with van der Waals surface area (Å²) in [7, 11) is -4.87. The van der Waals surface area contributed by atoms with Crippen molar-refractivity contribution in [1.29, 1.82) is 0 Å². The van der Waals surface area contributed by atoms with Crippen LogP contribution in [0.15, 0.2) is 60.7 Å². The topological polar surface area (TPSA) is 133 Å². The quantitative estimate of drug-likeness (QED) is 0.126. The summed E-state index contributed by atoms with van der Waals surface area (Å²) in [6, 6.07) is 18.5. The van der Waals surface area contributed by atoms with E-state index in [0.717, 1.165) is 33.0 Å². The summed E-state index contributed by atoms with van der Waals surface area (Å²) < 4.78 is 16.9. The first-order valence-corrected chi connectivity index (χ1v) is 17.5. The number of phosphoric acid groups is 1. The molecule has 12 heteroatoms. The van der Waals surface area contributed by atoms with Crippen molar-refractivity contribution in [1.82, 2.24) is 0 Å². The van der Waals surface area contributed by atoms with Crippen molar-refractivity contribution in [2.75, 3.05) is 40.4 Å². The van der Waals surface area contributed by atoms with Gasteiger partial charge in [0.05, 0.1) is 16.5 Å². The van der Waals surface area contributed by atoms with Gasteiger partial charge in [-0.25, -0.2) is 4.57 Å². The van der Waals surface area contributed by atoms with Crippen molar-refractivity contribution >= 4 is 81.4 Å². The summed E-state index contributed by atoms with van der Waals surface area (Å²) in [6.07, 6.45) is 1.32. The molecule has 0 radical (unpaired) electrons. The molecule has 0 saturated heterocycles. The fourth-order valence-electron chi connectivity index (χ4n) is 8.54. The van der Waals surface area contributed by atoms with Crippen LogP contribution in [0, 0.1) is 10.8 Å². The van der Waals surface area contributed by atoms with E-state index in [4.69, 9.17) is 33.5 Å². The van der Waals surface area contributed by atoms with Crippen molar-refractivity contribution in [2.24, 2.45) is 10.8 Å². The smallest absolute Gasteiger partial charge is 0.404 e. The molecule has 5 aliphatic rings. The molecule has 4 aromatic carbocycles. The predicted octanol–water partition coefficient (Wildman–Crippen LogP) is 6.26. The van der Waals surface area contributed by atoms with Crippen molar-refractivity contribution in [3.63, 3.8) is 0 Å². The zero-order chi connectivity index (χ0) is 31.5. The molecule has 4 N–H and O–H groups in total. The van der Waals surface area contributed by atoms with Crippen molar-refractivity contribution in [3.8, 4) is 5.75 Å². The van der Waals surface area contributed by atoms with E-state index in [0.29, 0.717) is 55.0 Å². The number of carbonyl (C=O) groups excluding carboxylic acids is 2. The first-order chi connectivity index (χ1) is 21.5. The highest BCUT2D eigenvalue weighted by atomic mass is 35.5. The number of benzene rings is 4. The van der Waals surface area contributed by atoms with Gasteiger partial charge in [-0.1, -0.05) is 48.5 Å². The third kappa shape index (κ3) is 4.11. The average molecular weight is 666 g/mol. The summed E-state index contributed by atoms with van der Waals surface area (Å²) in [5, 5.41) is 3.22. The van der Waals surface area contributed by atoms with E-state index in [-0.39, 0.29) is 35.3 Å². The number of nitrogens with zero attached hydrogens (tertiary/aromatic N) is 2. The van der Waals surface area contributed by atoms with Gasteiger partial charge in [0, 0.05) is 64.9 Å². The van der Waals surface area contributed by atoms with Gasteiger partial charge in [-0.05, 0) is 47.2 Å². The monoisotopic (exact) mass is 665 g/mol. The standard InChI is InChI=1S/C33H30Cl2N3O6P/c34-11-18-13-37(25-9-24(36)20-5-1-3-7-22(20)28(18)25)30(39)32-15-33(16-32,17-32)31(40)38-14-19(12-35)29-23-8-4-2-6-21(23)27(10-26(29)38)44-45(41,42)43/h1-10,18-19H,11-17,36H2,(H2,41,42,43)/t18-,19?,32?,33?/m1/s1. The molecule has 4 aromatic rings. The number of rotatable bonds is 6. The fraction of sp³-hybridized carbons (Fsp3) is 0.333. The molecular weight excluding hydrogens is 636 g/mol. The second-order valence-corrected chi connectivity index (χ2v) is 14.8. The zero-order valence-corrected chi connectivity index (χ0v) is 26.5. The molecule has 45 heavy (non-hydrogen) atoms. The number of alkyl halides is 2. The molecule has 3 aliphatic carbocycles. The van der Waals surface area contributed by atoms with Crippen molar-refractivity contribution in [2.45, 2.75) is 31.1 Å². The molecule has 2 atom stereocenters. The Labute approximate surface area is 269 Å². The van der Waals surface area contributed by atoms with Gasteiger partial charge in [0.15, 0.2) is 0 Å². The van der Waals surface area contributed by atoms with Gasteiger partial charge in [-0.2, -0.15) is 0 Å². The first kappa shape index (κ1) is 29.1. The van der Waals surface area contributed by atoms with Gasteiger partial charge in [0.1, 0.15) is 5.75 Å². The molecule has 2 aliphatic heterocycles. The van der Waals surface area contributed by atoms with E-state index in [1.54, 1.807) is 17.0 Å². The molecule has 0 aromatic heterocycles. The largest absolute Gasteiger partial charge is 0.524 e. The predicted molar refractivity (Wildman–Crippen MR) is 175 cm³/mol. The number of fused-ring (bicyclic) bond motifs is 6. The molecular formula is C33H30Cl2N3O6P. The summed E-state index contributed by atoms with van der Waals surface area (Å²) in [5.74, 6) is 0.358. The van der Waals surface area contributed by atoms with Gasteiger partial charge in [0.25, 0.3) is 0 Å². The van der Waals surface area contributed by atoms with Crippen LogP contribution in [0.1, 0.15) is 42.2 Å². The van der Waals surface area contributed by atoms with Crippen LogP contribution in [-0.2, 0) is 14.2 Å². The lowest BCUT2D eigenvalue weighted by Gasteiger charge is -2.69. The lowest BCUT2D eigenvalue weighted by Crippen LogP contribution is -2.73. The SMILES string of the molecule is Nc1cc2c(c3ccccc13)[C@H](CCl)CN2C(=O)C12CC(C(=O)N3CC(CCl)c4c3cc(OP(=O)(O)O)c3ccccc43)(C1)C2. The number of nitrogen functional groups attached to an aromatic ring is 1. The van der Waals surface area contributed by atoms with Crippen LogP contribution in [0.4, 0.5) is 17.1 Å². The van der Waals surface area contributed by atoms with E-state index in [1.165, 1.54) is 6.07 Å². The molecule has 232 valence electrons. The van der Waals surface area contributed by atoms with Crippen LogP contribution >= 0.6 is 31.0 Å². The molecule has 9 nitrogen and oxygen atoms in total. The lowest BCUT2D eigenvalue weighted by atomic mass is 9.34. The van der Waals surface area contributed by atoms with E-state index in [2.05, 4.69) is 0 Å². The highest BCUT2D eigenvalue weighted by Gasteiger charge is 2.76. The molecule has 1 unspecified atom stereocenters. The lowest BCUT2D eigenvalue weighted by molar-refractivity contribution is -0.204. The molecule has 9 rings (SSSR count). The van der Waals surface area contributed by atoms with Crippen molar-refractivity contribution in [3.05, 3.63) is 71.8 Å². The highest BCUT2D eigenvalue weighted by Crippen LogP contribution is 2.75. The zero-order valence-electron chi connectivity index (χ0n) is 24.1. The summed E-state index contributed by atoms with van der Waals surface area (Å²) in [6.45, 7) is 0.813. The van der Waals surface area contributed by atoms with E-state index < -0.39 is 18.7 Å². The Morgan fingerprint density at radius 1 is 0.800 bits per heavy atom. The number of carbonyl (C=O) groups is 2. The van der Waals surface area contributed by atoms with Crippen LogP contribution in [0.3, 0.4) is 0 Å². The number of amides is 2. The third-order valence-electron chi connectivity index (χ3n) is 10.3. The van der Waals surface area contributed by atoms with E-state index in [9.17, 15) is 23.9 Å². The van der Waals surface area contributed by atoms with Gasteiger partial charge in [0.2, 0.25) is 11.8 Å². The number of hydrogen-bond donors (Lipinski definition) is 3. The molecule has 2 bridgehead atoms. The van der Waals surface area contributed by atoms with Gasteiger partial charge < -0.3 is 20.1 Å². The first-order valence-electron chi connectivity index (χ1n) is 14.9. The number of anilines is 3. The van der Waals surface area contributed by atoms with Gasteiger partial charge in [-0.15, -0.1) is 23.2 Å². The summed E-state index contributed by atoms with van der Waals surface area (Å²) >= 11 is 12.8. The molecule has 3 fully saturated rings. The normalized spacial score (nSPS) is 26.4. The van der Waals surface area contributed by atoms with Gasteiger partial charge in [-0.3, -0.25) is 19.4 Å². The van der Waals surface area contributed by atoms with Crippen LogP contribution in [0.2, 0.25) is 0 Å². The number of phosphoric ester groups is 1. The Hall–Kier alpha value is -3.33. The molecule has 3 saturated carbocycles. The maximum atomic E-state index is 14.2. The minimum absolute atomic E-state index is 0.00305. The van der Waals surface area contributed by atoms with Crippen LogP contribution < -0.4 is 20.1 Å². The molecule has 2 amide bonds. The highest BCUT2D eigenvalue weighted by molar-refractivity contribution is 7.46. The number of nitrogens with two attached hydrogens (primary N) is 1. The summed E-state index contributed by atoms with van der Waals surface area (Å²) in [4.78, 5) is 51.1. The summed E-state index contributed by atoms with van der Waals surface area (Å²) in [5.41, 5.74) is 8.98. The number of halogens is 2. The molecule has 2 heterocycles. The maximum absolute atomic E-state index is 14.2. The van der Waals surface area contributed by atoms with E-state index >= 15 is 0 Å². The van der Waals surface area contributed by atoms with Crippen LogP contribution in [0.25, 0.3) is 21.5 Å².